The topological polar surface area (TPSA) is 82.2 Å². The molecule has 7 nitrogen and oxygen atoms in total. The average molecular weight is 457 g/mol. The Kier molecular flexibility index (Phi) is 6.25. The molecule has 0 unspecified atom stereocenters. The van der Waals surface area contributed by atoms with E-state index in [1.807, 2.05) is 18.2 Å². The van der Waals surface area contributed by atoms with Crippen LogP contribution in [0, 0.1) is 6.92 Å². The SMILES string of the molecule is Cc1onc(C(=O)Nc2cccc(Cn3cc(Cl)cn3)c2)c1COc1ccc(Cl)cc1. The number of anilines is 1. The Bertz CT molecular complexity index is 1200. The van der Waals surface area contributed by atoms with Crippen LogP contribution in [0.25, 0.3) is 0 Å². The summed E-state index contributed by atoms with van der Waals surface area (Å²) in [5, 5.41) is 12.1. The van der Waals surface area contributed by atoms with E-state index in [-0.39, 0.29) is 18.2 Å². The Labute approximate surface area is 188 Å². The molecule has 2 aromatic carbocycles. The lowest BCUT2D eigenvalue weighted by Crippen LogP contribution is -2.15. The van der Waals surface area contributed by atoms with E-state index in [2.05, 4.69) is 15.6 Å². The fourth-order valence-electron chi connectivity index (χ4n) is 2.98. The van der Waals surface area contributed by atoms with Crippen LogP contribution < -0.4 is 10.1 Å². The fraction of sp³-hybridized carbons (Fsp3) is 0.136. The van der Waals surface area contributed by atoms with Gasteiger partial charge in [0.1, 0.15) is 18.1 Å². The van der Waals surface area contributed by atoms with Crippen LogP contribution in [0.15, 0.2) is 65.4 Å². The van der Waals surface area contributed by atoms with Gasteiger partial charge < -0.3 is 14.6 Å². The summed E-state index contributed by atoms with van der Waals surface area (Å²) >= 11 is 11.8. The Morgan fingerprint density at radius 1 is 1.16 bits per heavy atom. The van der Waals surface area contributed by atoms with Crippen LogP contribution in [0.3, 0.4) is 0 Å². The van der Waals surface area contributed by atoms with Gasteiger partial charge in [0.15, 0.2) is 5.69 Å². The predicted octanol–water partition coefficient (Wildman–Crippen LogP) is 5.37. The largest absolute Gasteiger partial charge is 0.489 e. The average Bonchev–Trinajstić information content (AvgIpc) is 3.33. The van der Waals surface area contributed by atoms with E-state index in [0.717, 1.165) is 5.56 Å². The molecule has 0 bridgehead atoms. The summed E-state index contributed by atoms with van der Waals surface area (Å²) < 4.78 is 12.7. The van der Waals surface area contributed by atoms with E-state index < -0.39 is 0 Å². The quantitative estimate of drug-likeness (QED) is 0.404. The number of hydrogen-bond donors (Lipinski definition) is 1. The van der Waals surface area contributed by atoms with Crippen molar-refractivity contribution in [2.24, 2.45) is 0 Å². The Hall–Kier alpha value is -3.29. The second-order valence-corrected chi connectivity index (χ2v) is 7.69. The van der Waals surface area contributed by atoms with Gasteiger partial charge in [0, 0.05) is 16.9 Å². The number of amides is 1. The van der Waals surface area contributed by atoms with Crippen molar-refractivity contribution in [2.45, 2.75) is 20.1 Å². The van der Waals surface area contributed by atoms with Crippen LogP contribution in [-0.4, -0.2) is 20.8 Å². The molecular weight excluding hydrogens is 439 g/mol. The second-order valence-electron chi connectivity index (χ2n) is 6.82. The van der Waals surface area contributed by atoms with Gasteiger partial charge in [-0.25, -0.2) is 0 Å². The molecule has 2 heterocycles. The summed E-state index contributed by atoms with van der Waals surface area (Å²) in [6, 6.07) is 14.4. The predicted molar refractivity (Wildman–Crippen MR) is 118 cm³/mol. The Morgan fingerprint density at radius 3 is 2.71 bits per heavy atom. The first-order valence-electron chi connectivity index (χ1n) is 9.40. The molecule has 9 heteroatoms. The molecule has 4 aromatic rings. The summed E-state index contributed by atoms with van der Waals surface area (Å²) in [4.78, 5) is 12.8. The standard InChI is InChI=1S/C22H18Cl2N4O3/c1-14-20(13-30-19-7-5-16(23)6-8-19)21(27-31-14)22(29)26-18-4-2-3-15(9-18)11-28-12-17(24)10-25-28/h2-10,12H,11,13H2,1H3,(H,26,29). The molecule has 1 amide bonds. The number of halogens is 2. The first-order valence-corrected chi connectivity index (χ1v) is 10.2. The number of ether oxygens (including phenoxy) is 1. The minimum absolute atomic E-state index is 0.139. The molecule has 31 heavy (non-hydrogen) atoms. The zero-order chi connectivity index (χ0) is 21.8. The molecule has 0 saturated carbocycles. The van der Waals surface area contributed by atoms with E-state index in [1.54, 1.807) is 54.3 Å². The van der Waals surface area contributed by atoms with Crippen LogP contribution in [0.2, 0.25) is 10.0 Å². The van der Waals surface area contributed by atoms with E-state index in [9.17, 15) is 4.79 Å². The van der Waals surface area contributed by atoms with Crippen molar-refractivity contribution < 1.29 is 14.1 Å². The molecule has 4 rings (SSSR count). The molecule has 0 aliphatic rings. The normalized spacial score (nSPS) is 10.8. The van der Waals surface area contributed by atoms with Crippen molar-refractivity contribution in [1.29, 1.82) is 0 Å². The maximum absolute atomic E-state index is 12.8. The molecule has 0 atom stereocenters. The zero-order valence-corrected chi connectivity index (χ0v) is 18.0. The zero-order valence-electron chi connectivity index (χ0n) is 16.5. The van der Waals surface area contributed by atoms with Crippen molar-refractivity contribution >= 4 is 34.8 Å². The van der Waals surface area contributed by atoms with Crippen molar-refractivity contribution in [1.82, 2.24) is 14.9 Å². The van der Waals surface area contributed by atoms with Gasteiger partial charge in [-0.3, -0.25) is 9.48 Å². The van der Waals surface area contributed by atoms with E-state index in [0.29, 0.717) is 39.4 Å². The number of aryl methyl sites for hydroxylation is 1. The van der Waals surface area contributed by atoms with Crippen molar-refractivity contribution in [2.75, 3.05) is 5.32 Å². The molecule has 0 aliphatic carbocycles. The van der Waals surface area contributed by atoms with Crippen molar-refractivity contribution in [3.8, 4) is 5.75 Å². The number of benzene rings is 2. The molecule has 0 aliphatic heterocycles. The molecular formula is C22H18Cl2N4O3. The van der Waals surface area contributed by atoms with Gasteiger partial charge in [-0.15, -0.1) is 0 Å². The molecule has 0 saturated heterocycles. The van der Waals surface area contributed by atoms with E-state index in [4.69, 9.17) is 32.5 Å². The number of nitrogens with one attached hydrogen (secondary N) is 1. The van der Waals surface area contributed by atoms with Crippen LogP contribution in [-0.2, 0) is 13.2 Å². The number of hydrogen-bond acceptors (Lipinski definition) is 5. The fourth-order valence-corrected chi connectivity index (χ4v) is 3.26. The number of carbonyl (C=O) groups excluding carboxylic acids is 1. The number of carbonyl (C=O) groups is 1. The highest BCUT2D eigenvalue weighted by Crippen LogP contribution is 2.21. The van der Waals surface area contributed by atoms with Crippen LogP contribution in [0.5, 0.6) is 5.75 Å². The van der Waals surface area contributed by atoms with E-state index >= 15 is 0 Å². The summed E-state index contributed by atoms with van der Waals surface area (Å²) in [7, 11) is 0. The van der Waals surface area contributed by atoms with Crippen molar-refractivity contribution in [3.63, 3.8) is 0 Å². The van der Waals surface area contributed by atoms with Gasteiger partial charge in [-0.05, 0) is 48.9 Å². The highest BCUT2D eigenvalue weighted by molar-refractivity contribution is 6.30. The minimum atomic E-state index is -0.383. The van der Waals surface area contributed by atoms with Gasteiger partial charge in [-0.1, -0.05) is 40.5 Å². The first-order chi connectivity index (χ1) is 15.0. The molecule has 0 fully saturated rings. The van der Waals surface area contributed by atoms with Crippen LogP contribution in [0.4, 0.5) is 5.69 Å². The Balaban J connectivity index is 1.45. The van der Waals surface area contributed by atoms with E-state index in [1.165, 1.54) is 0 Å². The van der Waals surface area contributed by atoms with Gasteiger partial charge in [-0.2, -0.15) is 5.10 Å². The minimum Gasteiger partial charge on any atom is -0.489 e. The van der Waals surface area contributed by atoms with Crippen molar-refractivity contribution in [3.05, 3.63) is 93.6 Å². The number of rotatable bonds is 7. The lowest BCUT2D eigenvalue weighted by molar-refractivity contribution is 0.101. The lowest BCUT2D eigenvalue weighted by atomic mass is 10.1. The summed E-state index contributed by atoms with van der Waals surface area (Å²) in [5.74, 6) is 0.761. The lowest BCUT2D eigenvalue weighted by Gasteiger charge is -2.09. The van der Waals surface area contributed by atoms with Gasteiger partial charge >= 0.3 is 0 Å². The summed E-state index contributed by atoms with van der Waals surface area (Å²) in [5.41, 5.74) is 2.34. The number of nitrogens with zero attached hydrogens (tertiary/aromatic N) is 3. The van der Waals surface area contributed by atoms with Crippen LogP contribution >= 0.6 is 23.2 Å². The third-order valence-corrected chi connectivity index (χ3v) is 4.97. The maximum Gasteiger partial charge on any atom is 0.278 e. The summed E-state index contributed by atoms with van der Waals surface area (Å²) in [6.07, 6.45) is 3.31. The first kappa shape index (κ1) is 21.0. The van der Waals surface area contributed by atoms with Gasteiger partial charge in [0.2, 0.25) is 0 Å². The molecule has 158 valence electrons. The third-order valence-electron chi connectivity index (χ3n) is 4.53. The highest BCUT2D eigenvalue weighted by Gasteiger charge is 2.20. The molecule has 1 N–H and O–H groups in total. The molecule has 2 aromatic heterocycles. The highest BCUT2D eigenvalue weighted by atomic mass is 35.5. The van der Waals surface area contributed by atoms with Gasteiger partial charge in [0.05, 0.1) is 23.3 Å². The molecule has 0 radical (unpaired) electrons. The maximum atomic E-state index is 12.8. The Morgan fingerprint density at radius 2 is 1.97 bits per heavy atom. The van der Waals surface area contributed by atoms with Gasteiger partial charge in [0.25, 0.3) is 5.91 Å². The third kappa shape index (κ3) is 5.25. The second kappa shape index (κ2) is 9.24. The monoisotopic (exact) mass is 456 g/mol. The summed E-state index contributed by atoms with van der Waals surface area (Å²) in [6.45, 7) is 2.40. The molecule has 0 spiro atoms. The smallest absolute Gasteiger partial charge is 0.278 e. The van der Waals surface area contributed by atoms with Crippen LogP contribution in [0.1, 0.15) is 27.4 Å². The number of aromatic nitrogens is 3.